The molecule has 2 aromatic carbocycles. The van der Waals surface area contributed by atoms with E-state index in [1.165, 1.54) is 12.1 Å². The van der Waals surface area contributed by atoms with Crippen molar-refractivity contribution >= 4 is 17.5 Å². The maximum absolute atomic E-state index is 13.8. The van der Waals surface area contributed by atoms with E-state index in [0.29, 0.717) is 18.5 Å². The molecular weight excluding hydrogens is 343 g/mol. The van der Waals surface area contributed by atoms with Crippen LogP contribution in [0.2, 0.25) is 0 Å². The van der Waals surface area contributed by atoms with Crippen molar-refractivity contribution in [2.75, 3.05) is 11.9 Å². The zero-order valence-corrected chi connectivity index (χ0v) is 15.6. The number of carbonyl (C=O) groups excluding carboxylic acids is 2. The van der Waals surface area contributed by atoms with E-state index in [9.17, 15) is 14.0 Å². The number of nitrogens with zero attached hydrogens (tertiary/aromatic N) is 1. The number of halogens is 1. The number of hydrogen-bond donors (Lipinski definition) is 1. The standard InChI is InChI=1S/C22H23FN2O2/c1-3-6-19-22(17-7-4-5-8-18(17)24-21(22)27)11-12-25(19)20(26)16-13-15(23)10-9-14(16)2/h4-5,7-10,13,19H,3,6,11-12H2,1-2H3,(H,24,27)/t19-,22+/m0/s1. The van der Waals surface area contributed by atoms with Gasteiger partial charge in [-0.05, 0) is 49.1 Å². The Bertz CT molecular complexity index is 926. The predicted octanol–water partition coefficient (Wildman–Crippen LogP) is 4.04. The molecule has 2 aromatic rings. The molecule has 2 atom stereocenters. The third-order valence-corrected chi connectivity index (χ3v) is 6.01. The van der Waals surface area contributed by atoms with E-state index < -0.39 is 11.2 Å². The van der Waals surface area contributed by atoms with Gasteiger partial charge >= 0.3 is 0 Å². The molecule has 27 heavy (non-hydrogen) atoms. The number of amides is 2. The van der Waals surface area contributed by atoms with Crippen molar-refractivity contribution in [3.05, 3.63) is 65.0 Å². The zero-order valence-electron chi connectivity index (χ0n) is 15.6. The summed E-state index contributed by atoms with van der Waals surface area (Å²) >= 11 is 0. The van der Waals surface area contributed by atoms with Crippen LogP contribution in [0.1, 0.15) is 47.7 Å². The van der Waals surface area contributed by atoms with Crippen LogP contribution in [0.3, 0.4) is 0 Å². The summed E-state index contributed by atoms with van der Waals surface area (Å²) in [4.78, 5) is 28.1. The van der Waals surface area contributed by atoms with Gasteiger partial charge in [0, 0.05) is 17.8 Å². The lowest BCUT2D eigenvalue weighted by Crippen LogP contribution is -2.48. The van der Waals surface area contributed by atoms with Gasteiger partial charge in [0.05, 0.1) is 11.5 Å². The molecule has 140 valence electrons. The monoisotopic (exact) mass is 366 g/mol. The van der Waals surface area contributed by atoms with Gasteiger partial charge in [-0.2, -0.15) is 0 Å². The van der Waals surface area contributed by atoms with Crippen molar-refractivity contribution in [2.45, 2.75) is 44.6 Å². The average Bonchev–Trinajstić information content (AvgIpc) is 3.17. The normalized spacial score (nSPS) is 23.6. The summed E-state index contributed by atoms with van der Waals surface area (Å²) in [6.07, 6.45) is 2.16. The Morgan fingerprint density at radius 1 is 1.30 bits per heavy atom. The van der Waals surface area contributed by atoms with Gasteiger partial charge in [0.15, 0.2) is 0 Å². The number of anilines is 1. The van der Waals surface area contributed by atoms with Gasteiger partial charge < -0.3 is 10.2 Å². The Kier molecular flexibility index (Phi) is 4.25. The first-order valence-electron chi connectivity index (χ1n) is 9.47. The number of nitrogens with one attached hydrogen (secondary N) is 1. The molecule has 0 bridgehead atoms. The van der Waals surface area contributed by atoms with Crippen LogP contribution in [0, 0.1) is 12.7 Å². The lowest BCUT2D eigenvalue weighted by atomic mass is 9.73. The van der Waals surface area contributed by atoms with E-state index >= 15 is 0 Å². The largest absolute Gasteiger partial charge is 0.334 e. The molecule has 5 heteroatoms. The summed E-state index contributed by atoms with van der Waals surface area (Å²) in [6.45, 7) is 4.35. The minimum Gasteiger partial charge on any atom is -0.334 e. The smallest absolute Gasteiger partial charge is 0.254 e. The topological polar surface area (TPSA) is 49.4 Å². The van der Waals surface area contributed by atoms with Crippen LogP contribution in [0.25, 0.3) is 0 Å². The van der Waals surface area contributed by atoms with Crippen LogP contribution >= 0.6 is 0 Å². The fraction of sp³-hybridized carbons (Fsp3) is 0.364. The number of hydrogen-bond acceptors (Lipinski definition) is 2. The van der Waals surface area contributed by atoms with E-state index in [0.717, 1.165) is 29.7 Å². The average molecular weight is 366 g/mol. The minimum atomic E-state index is -0.719. The Morgan fingerprint density at radius 2 is 2.07 bits per heavy atom. The molecular formula is C22H23FN2O2. The maximum Gasteiger partial charge on any atom is 0.254 e. The number of para-hydroxylation sites is 1. The van der Waals surface area contributed by atoms with Crippen LogP contribution in [0.15, 0.2) is 42.5 Å². The van der Waals surface area contributed by atoms with Crippen LogP contribution < -0.4 is 5.32 Å². The quantitative estimate of drug-likeness (QED) is 0.891. The second-order valence-electron chi connectivity index (χ2n) is 7.48. The van der Waals surface area contributed by atoms with Gasteiger partial charge in [-0.15, -0.1) is 0 Å². The molecule has 0 aromatic heterocycles. The Morgan fingerprint density at radius 3 is 2.85 bits per heavy atom. The van der Waals surface area contributed by atoms with Gasteiger partial charge in [0.25, 0.3) is 5.91 Å². The van der Waals surface area contributed by atoms with E-state index in [4.69, 9.17) is 0 Å². The van der Waals surface area contributed by atoms with Gasteiger partial charge in [0.1, 0.15) is 5.82 Å². The molecule has 1 fully saturated rings. The van der Waals surface area contributed by atoms with Crippen molar-refractivity contribution in [2.24, 2.45) is 0 Å². The van der Waals surface area contributed by atoms with E-state index in [1.807, 2.05) is 31.2 Å². The Balaban J connectivity index is 1.78. The molecule has 0 radical (unpaired) electrons. The first-order valence-corrected chi connectivity index (χ1v) is 9.47. The van der Waals surface area contributed by atoms with Crippen molar-refractivity contribution in [3.63, 3.8) is 0 Å². The molecule has 4 nitrogen and oxygen atoms in total. The fourth-order valence-corrected chi connectivity index (χ4v) is 4.70. The van der Waals surface area contributed by atoms with Crippen LogP contribution in [-0.2, 0) is 10.2 Å². The highest BCUT2D eigenvalue weighted by atomic mass is 19.1. The summed E-state index contributed by atoms with van der Waals surface area (Å²) in [6, 6.07) is 11.8. The Labute approximate surface area is 158 Å². The van der Waals surface area contributed by atoms with E-state index in [-0.39, 0.29) is 17.9 Å². The second-order valence-corrected chi connectivity index (χ2v) is 7.48. The van der Waals surface area contributed by atoms with Gasteiger partial charge in [-0.25, -0.2) is 4.39 Å². The van der Waals surface area contributed by atoms with Gasteiger partial charge in [0.2, 0.25) is 5.91 Å². The van der Waals surface area contributed by atoms with Crippen molar-refractivity contribution in [1.82, 2.24) is 4.90 Å². The molecule has 2 aliphatic heterocycles. The van der Waals surface area contributed by atoms with Gasteiger partial charge in [-0.3, -0.25) is 9.59 Å². The molecule has 4 rings (SSSR count). The van der Waals surface area contributed by atoms with Gasteiger partial charge in [-0.1, -0.05) is 37.6 Å². The number of aryl methyl sites for hydroxylation is 1. The third-order valence-electron chi connectivity index (χ3n) is 6.01. The molecule has 0 unspecified atom stereocenters. The number of rotatable bonds is 3. The molecule has 1 N–H and O–H groups in total. The maximum atomic E-state index is 13.8. The molecule has 2 heterocycles. The summed E-state index contributed by atoms with van der Waals surface area (Å²) < 4.78 is 13.8. The first-order chi connectivity index (χ1) is 13.0. The lowest BCUT2D eigenvalue weighted by molar-refractivity contribution is -0.121. The third kappa shape index (κ3) is 2.56. The number of benzene rings is 2. The lowest BCUT2D eigenvalue weighted by Gasteiger charge is -2.34. The highest BCUT2D eigenvalue weighted by Gasteiger charge is 2.58. The summed E-state index contributed by atoms with van der Waals surface area (Å²) in [5, 5.41) is 3.00. The summed E-state index contributed by atoms with van der Waals surface area (Å²) in [5.74, 6) is -0.651. The first kappa shape index (κ1) is 17.7. The van der Waals surface area contributed by atoms with Crippen LogP contribution in [0.5, 0.6) is 0 Å². The van der Waals surface area contributed by atoms with Crippen LogP contribution in [-0.4, -0.2) is 29.3 Å². The molecule has 0 saturated carbocycles. The van der Waals surface area contributed by atoms with Crippen molar-refractivity contribution in [1.29, 1.82) is 0 Å². The Hall–Kier alpha value is -2.69. The summed E-state index contributed by atoms with van der Waals surface area (Å²) in [5.41, 5.74) is 2.21. The fourth-order valence-electron chi connectivity index (χ4n) is 4.70. The molecule has 2 aliphatic rings. The number of fused-ring (bicyclic) bond motifs is 2. The molecule has 2 amide bonds. The molecule has 1 spiro atoms. The van der Waals surface area contributed by atoms with Crippen molar-refractivity contribution < 1.29 is 14.0 Å². The van der Waals surface area contributed by atoms with Crippen LogP contribution in [0.4, 0.5) is 10.1 Å². The molecule has 1 saturated heterocycles. The number of likely N-dealkylation sites (tertiary alicyclic amines) is 1. The summed E-state index contributed by atoms with van der Waals surface area (Å²) in [7, 11) is 0. The second kappa shape index (κ2) is 6.48. The number of carbonyl (C=O) groups is 2. The molecule has 0 aliphatic carbocycles. The van der Waals surface area contributed by atoms with Crippen molar-refractivity contribution in [3.8, 4) is 0 Å². The van der Waals surface area contributed by atoms with E-state index in [2.05, 4.69) is 12.2 Å². The van der Waals surface area contributed by atoms with E-state index in [1.54, 1.807) is 11.0 Å². The highest BCUT2D eigenvalue weighted by Crippen LogP contribution is 2.49. The highest BCUT2D eigenvalue weighted by molar-refractivity contribution is 6.08. The SMILES string of the molecule is CCC[C@@H]1N(C(=O)c2cc(F)ccc2C)CC[C@]12C(=O)Nc1ccccc12. The zero-order chi connectivity index (χ0) is 19.2. The minimum absolute atomic E-state index is 0.0339. The predicted molar refractivity (Wildman–Crippen MR) is 102 cm³/mol.